The van der Waals surface area contributed by atoms with Gasteiger partial charge in [0.25, 0.3) is 5.91 Å². The van der Waals surface area contributed by atoms with Gasteiger partial charge in [-0.1, -0.05) is 0 Å². The minimum atomic E-state index is -0.658. The third kappa shape index (κ3) is 9.33. The van der Waals surface area contributed by atoms with Crippen molar-refractivity contribution in [1.29, 1.82) is 0 Å². The maximum Gasteiger partial charge on any atom is 0.255 e. The number of piperidine rings is 1. The van der Waals surface area contributed by atoms with Gasteiger partial charge in [0.05, 0.1) is 59.4 Å². The molecule has 4 amide bonds. The molecule has 0 saturated carbocycles. The summed E-state index contributed by atoms with van der Waals surface area (Å²) in [6.07, 6.45) is 0.521. The first-order valence-electron chi connectivity index (χ1n) is 12.8. The van der Waals surface area contributed by atoms with Gasteiger partial charge < -0.3 is 40.2 Å². The number of ether oxygens (including phenoxy) is 4. The number of fused-ring (bicyclic) bond motifs is 1. The molecule has 38 heavy (non-hydrogen) atoms. The maximum atomic E-state index is 12.8. The quantitative estimate of drug-likeness (QED) is 0.135. The van der Waals surface area contributed by atoms with Gasteiger partial charge in [-0.25, -0.2) is 0 Å². The SMILES string of the molecule is NCCOCCOCCOCCOCCNC(=O)CNc1ccc2c(c1)CN(C1CCC(=O)NC1=O)C2=O. The van der Waals surface area contributed by atoms with Crippen LogP contribution < -0.4 is 21.7 Å². The summed E-state index contributed by atoms with van der Waals surface area (Å²) in [6.45, 7) is 4.91. The molecular formula is C25H37N5O8. The number of nitrogens with one attached hydrogen (secondary N) is 3. The van der Waals surface area contributed by atoms with Crippen LogP contribution >= 0.6 is 0 Å². The van der Waals surface area contributed by atoms with Gasteiger partial charge in [-0.2, -0.15) is 0 Å². The van der Waals surface area contributed by atoms with Crippen LogP contribution in [0.25, 0.3) is 0 Å². The van der Waals surface area contributed by atoms with E-state index in [2.05, 4.69) is 16.0 Å². The van der Waals surface area contributed by atoms with Crippen LogP contribution in [0.4, 0.5) is 5.69 Å². The molecule has 0 bridgehead atoms. The van der Waals surface area contributed by atoms with Crippen LogP contribution in [-0.2, 0) is 39.9 Å². The van der Waals surface area contributed by atoms with Crippen LogP contribution in [0.1, 0.15) is 28.8 Å². The number of carbonyl (C=O) groups excluding carboxylic acids is 4. The zero-order valence-corrected chi connectivity index (χ0v) is 21.5. The molecule has 2 aliphatic rings. The molecule has 0 radical (unpaired) electrons. The van der Waals surface area contributed by atoms with Gasteiger partial charge in [0.2, 0.25) is 17.7 Å². The molecule has 0 spiro atoms. The van der Waals surface area contributed by atoms with Crippen molar-refractivity contribution in [3.63, 3.8) is 0 Å². The Morgan fingerprint density at radius 2 is 1.63 bits per heavy atom. The van der Waals surface area contributed by atoms with E-state index in [-0.39, 0.29) is 37.2 Å². The summed E-state index contributed by atoms with van der Waals surface area (Å²) in [7, 11) is 0. The lowest BCUT2D eigenvalue weighted by Gasteiger charge is -2.29. The van der Waals surface area contributed by atoms with E-state index in [1.165, 1.54) is 4.90 Å². The monoisotopic (exact) mass is 535 g/mol. The molecule has 1 aromatic rings. The van der Waals surface area contributed by atoms with Crippen molar-refractivity contribution in [2.24, 2.45) is 5.73 Å². The summed E-state index contributed by atoms with van der Waals surface area (Å²) in [4.78, 5) is 49.9. The van der Waals surface area contributed by atoms with E-state index in [4.69, 9.17) is 24.7 Å². The van der Waals surface area contributed by atoms with Crippen LogP contribution in [0, 0.1) is 0 Å². The minimum Gasteiger partial charge on any atom is -0.378 e. The number of amides is 4. The van der Waals surface area contributed by atoms with Gasteiger partial charge in [0.1, 0.15) is 6.04 Å². The van der Waals surface area contributed by atoms with Crippen LogP contribution in [-0.4, -0.2) is 107 Å². The highest BCUT2D eigenvalue weighted by atomic mass is 16.6. The lowest BCUT2D eigenvalue weighted by molar-refractivity contribution is -0.137. The summed E-state index contributed by atoms with van der Waals surface area (Å²) in [5.74, 6) is -1.19. The number of carbonyl (C=O) groups is 4. The molecule has 1 fully saturated rings. The second-order valence-corrected chi connectivity index (χ2v) is 8.71. The van der Waals surface area contributed by atoms with Crippen molar-refractivity contribution >= 4 is 29.3 Å². The van der Waals surface area contributed by atoms with Gasteiger partial charge in [-0.05, 0) is 30.2 Å². The minimum absolute atomic E-state index is 0.0595. The van der Waals surface area contributed by atoms with Crippen molar-refractivity contribution in [3.05, 3.63) is 29.3 Å². The normalized spacial score (nSPS) is 16.9. The number of anilines is 1. The van der Waals surface area contributed by atoms with Crippen LogP contribution in [0.3, 0.4) is 0 Å². The third-order valence-corrected chi connectivity index (χ3v) is 5.92. The first-order valence-corrected chi connectivity index (χ1v) is 12.8. The second-order valence-electron chi connectivity index (χ2n) is 8.71. The highest BCUT2D eigenvalue weighted by Crippen LogP contribution is 2.29. The second kappa shape index (κ2) is 16.0. The molecular weight excluding hydrogens is 498 g/mol. The van der Waals surface area contributed by atoms with Crippen LogP contribution in [0.5, 0.6) is 0 Å². The van der Waals surface area contributed by atoms with Crippen LogP contribution in [0.15, 0.2) is 18.2 Å². The highest BCUT2D eigenvalue weighted by molar-refractivity contribution is 6.05. The molecule has 0 aliphatic carbocycles. The largest absolute Gasteiger partial charge is 0.378 e. The molecule has 13 heteroatoms. The predicted octanol–water partition coefficient (Wildman–Crippen LogP) is -0.999. The van der Waals surface area contributed by atoms with Gasteiger partial charge in [-0.3, -0.25) is 24.5 Å². The van der Waals surface area contributed by atoms with Crippen molar-refractivity contribution in [2.45, 2.75) is 25.4 Å². The smallest absolute Gasteiger partial charge is 0.255 e. The molecule has 1 aromatic carbocycles. The van der Waals surface area contributed by atoms with Crippen molar-refractivity contribution in [1.82, 2.24) is 15.5 Å². The Bertz CT molecular complexity index is 960. The third-order valence-electron chi connectivity index (χ3n) is 5.92. The fourth-order valence-electron chi connectivity index (χ4n) is 4.04. The standard InChI is InChI=1S/C25H37N5O8/c26-5-7-35-9-11-37-13-14-38-12-10-36-8-6-27-23(32)16-28-19-1-2-20-18(15-19)17-30(25(20)34)21-3-4-22(31)29-24(21)33/h1-2,15,21,28H,3-14,16-17,26H2,(H,27,32)(H,29,31,33). The summed E-state index contributed by atoms with van der Waals surface area (Å²) < 4.78 is 21.4. The average Bonchev–Trinajstić information content (AvgIpc) is 3.23. The Labute approximate surface area is 221 Å². The lowest BCUT2D eigenvalue weighted by Crippen LogP contribution is -2.52. The van der Waals surface area contributed by atoms with Gasteiger partial charge in [-0.15, -0.1) is 0 Å². The number of imide groups is 1. The highest BCUT2D eigenvalue weighted by Gasteiger charge is 2.39. The van der Waals surface area contributed by atoms with E-state index in [1.54, 1.807) is 18.2 Å². The summed E-state index contributed by atoms with van der Waals surface area (Å²) >= 11 is 0. The number of hydrogen-bond acceptors (Lipinski definition) is 10. The van der Waals surface area contributed by atoms with E-state index < -0.39 is 11.9 Å². The lowest BCUT2D eigenvalue weighted by atomic mass is 10.0. The molecule has 1 saturated heterocycles. The predicted molar refractivity (Wildman–Crippen MR) is 136 cm³/mol. The molecule has 3 rings (SSSR count). The Kier molecular flexibility index (Phi) is 12.4. The molecule has 2 heterocycles. The molecule has 1 atom stereocenters. The molecule has 5 N–H and O–H groups in total. The Morgan fingerprint density at radius 1 is 0.974 bits per heavy atom. The maximum absolute atomic E-state index is 12.8. The number of nitrogens with two attached hydrogens (primary N) is 1. The molecule has 13 nitrogen and oxygen atoms in total. The molecule has 210 valence electrons. The van der Waals surface area contributed by atoms with Gasteiger partial charge in [0, 0.05) is 37.3 Å². The van der Waals surface area contributed by atoms with Crippen molar-refractivity contribution in [3.8, 4) is 0 Å². The summed E-state index contributed by atoms with van der Waals surface area (Å²) in [6, 6.07) is 4.55. The van der Waals surface area contributed by atoms with E-state index >= 15 is 0 Å². The Morgan fingerprint density at radius 3 is 2.29 bits per heavy atom. The fourth-order valence-corrected chi connectivity index (χ4v) is 4.04. The van der Waals surface area contributed by atoms with E-state index in [0.717, 1.165) is 5.56 Å². The van der Waals surface area contributed by atoms with Gasteiger partial charge >= 0.3 is 0 Å². The molecule has 1 unspecified atom stereocenters. The number of hydrogen-bond donors (Lipinski definition) is 4. The first kappa shape index (κ1) is 29.5. The molecule has 2 aliphatic heterocycles. The van der Waals surface area contributed by atoms with E-state index in [0.29, 0.717) is 83.6 Å². The molecule has 0 aromatic heterocycles. The van der Waals surface area contributed by atoms with Crippen LogP contribution in [0.2, 0.25) is 0 Å². The van der Waals surface area contributed by atoms with Gasteiger partial charge in [0.15, 0.2) is 0 Å². The number of rotatable bonds is 18. The van der Waals surface area contributed by atoms with E-state index in [9.17, 15) is 19.2 Å². The summed E-state index contributed by atoms with van der Waals surface area (Å²) in [5.41, 5.74) is 7.30. The average molecular weight is 536 g/mol. The summed E-state index contributed by atoms with van der Waals surface area (Å²) in [5, 5.41) is 8.10. The van der Waals surface area contributed by atoms with E-state index in [1.807, 2.05) is 0 Å². The Balaban J connectivity index is 1.23. The topological polar surface area (TPSA) is 171 Å². The van der Waals surface area contributed by atoms with Crippen molar-refractivity contribution < 1.29 is 38.1 Å². The number of benzene rings is 1. The van der Waals surface area contributed by atoms with Crippen molar-refractivity contribution in [2.75, 3.05) is 77.8 Å². The Hall–Kier alpha value is -3.10. The first-order chi connectivity index (χ1) is 18.5. The number of nitrogens with zero attached hydrogens (tertiary/aromatic N) is 1. The zero-order chi connectivity index (χ0) is 27.2. The zero-order valence-electron chi connectivity index (χ0n) is 21.5. The fraction of sp³-hybridized carbons (Fsp3) is 0.600.